The third kappa shape index (κ3) is 2.67. The number of halogens is 3. The molecule has 3 rings (SSSR count). The predicted molar refractivity (Wildman–Crippen MR) is 88.8 cm³/mol. The summed E-state index contributed by atoms with van der Waals surface area (Å²) >= 11 is 18.7. The maximum Gasteiger partial charge on any atom is 0.118 e. The Hall–Kier alpha value is -1.48. The monoisotopic (exact) mass is 337 g/mol. The van der Waals surface area contributed by atoms with Gasteiger partial charge in [0.05, 0.1) is 22.7 Å². The maximum atomic E-state index is 6.51. The molecule has 0 N–H and O–H groups in total. The molecule has 106 valence electrons. The van der Waals surface area contributed by atoms with Crippen molar-refractivity contribution in [1.82, 2.24) is 4.98 Å². The van der Waals surface area contributed by atoms with E-state index in [-0.39, 0.29) is 0 Å². The van der Waals surface area contributed by atoms with E-state index < -0.39 is 0 Å². The third-order valence-electron chi connectivity index (χ3n) is 3.22. The minimum atomic E-state index is 0.491. The van der Waals surface area contributed by atoms with E-state index in [1.54, 1.807) is 25.4 Å². The second-order valence-corrected chi connectivity index (χ2v) is 5.72. The molecule has 2 aromatic carbocycles. The van der Waals surface area contributed by atoms with E-state index in [0.29, 0.717) is 26.0 Å². The van der Waals surface area contributed by atoms with E-state index in [1.807, 2.05) is 24.3 Å². The minimum Gasteiger partial charge on any atom is -0.497 e. The molecule has 0 radical (unpaired) electrons. The number of pyridine rings is 1. The lowest BCUT2D eigenvalue weighted by molar-refractivity contribution is 0.415. The van der Waals surface area contributed by atoms with Gasteiger partial charge < -0.3 is 4.74 Å². The molecular formula is C16H10Cl3NO. The Labute approximate surface area is 137 Å². The molecule has 0 unspecified atom stereocenters. The molecule has 0 saturated carbocycles. The molecule has 0 saturated heterocycles. The standard InChI is InChI=1S/C16H10Cl3NO/c1-21-11-4-2-9(3-5-11)12-8-20-14-7-10(17)6-13(18)15(14)16(12)19/h2-8H,1H3. The van der Waals surface area contributed by atoms with Gasteiger partial charge >= 0.3 is 0 Å². The van der Waals surface area contributed by atoms with Crippen molar-refractivity contribution in [2.45, 2.75) is 0 Å². The summed E-state index contributed by atoms with van der Waals surface area (Å²) in [4.78, 5) is 4.40. The lowest BCUT2D eigenvalue weighted by Gasteiger charge is -2.10. The molecule has 2 nitrogen and oxygen atoms in total. The van der Waals surface area contributed by atoms with Crippen LogP contribution in [0, 0.1) is 0 Å². The molecule has 0 amide bonds. The van der Waals surface area contributed by atoms with Gasteiger partial charge in [0, 0.05) is 22.2 Å². The summed E-state index contributed by atoms with van der Waals surface area (Å²) in [6.07, 6.45) is 1.72. The van der Waals surface area contributed by atoms with Gasteiger partial charge in [-0.25, -0.2) is 0 Å². The molecule has 0 atom stereocenters. The van der Waals surface area contributed by atoms with Crippen molar-refractivity contribution in [2.24, 2.45) is 0 Å². The van der Waals surface area contributed by atoms with Crippen LogP contribution in [0.2, 0.25) is 15.1 Å². The fourth-order valence-electron chi connectivity index (χ4n) is 2.18. The van der Waals surface area contributed by atoms with E-state index in [4.69, 9.17) is 39.5 Å². The van der Waals surface area contributed by atoms with E-state index in [0.717, 1.165) is 16.9 Å². The molecular weight excluding hydrogens is 329 g/mol. The number of benzene rings is 2. The smallest absolute Gasteiger partial charge is 0.118 e. The molecule has 0 spiro atoms. The van der Waals surface area contributed by atoms with Gasteiger partial charge in [-0.2, -0.15) is 0 Å². The average Bonchev–Trinajstić information content (AvgIpc) is 2.47. The number of rotatable bonds is 2. The Balaban J connectivity index is 2.21. The first-order valence-corrected chi connectivity index (χ1v) is 7.31. The highest BCUT2D eigenvalue weighted by atomic mass is 35.5. The van der Waals surface area contributed by atoms with Gasteiger partial charge in [0.25, 0.3) is 0 Å². The average molecular weight is 339 g/mol. The van der Waals surface area contributed by atoms with Crippen LogP contribution in [-0.4, -0.2) is 12.1 Å². The molecule has 0 aliphatic heterocycles. The van der Waals surface area contributed by atoms with E-state index in [2.05, 4.69) is 4.98 Å². The summed E-state index contributed by atoms with van der Waals surface area (Å²) in [6.45, 7) is 0. The number of fused-ring (bicyclic) bond motifs is 1. The van der Waals surface area contributed by atoms with Crippen molar-refractivity contribution in [1.29, 1.82) is 0 Å². The first-order chi connectivity index (χ1) is 10.1. The van der Waals surface area contributed by atoms with Gasteiger partial charge in [0.1, 0.15) is 5.75 Å². The van der Waals surface area contributed by atoms with Crippen molar-refractivity contribution >= 4 is 45.7 Å². The first-order valence-electron chi connectivity index (χ1n) is 6.18. The number of aromatic nitrogens is 1. The summed E-state index contributed by atoms with van der Waals surface area (Å²) in [5.74, 6) is 0.786. The molecule has 0 aliphatic rings. The van der Waals surface area contributed by atoms with Gasteiger partial charge in [0.15, 0.2) is 0 Å². The highest BCUT2D eigenvalue weighted by Gasteiger charge is 2.12. The minimum absolute atomic E-state index is 0.491. The van der Waals surface area contributed by atoms with Crippen LogP contribution >= 0.6 is 34.8 Å². The Morgan fingerprint density at radius 3 is 2.38 bits per heavy atom. The Bertz CT molecular complexity index is 816. The molecule has 5 heteroatoms. The first kappa shape index (κ1) is 14.5. The third-order valence-corrected chi connectivity index (χ3v) is 4.13. The van der Waals surface area contributed by atoms with Crippen LogP contribution in [0.4, 0.5) is 0 Å². The van der Waals surface area contributed by atoms with Crippen LogP contribution in [0.5, 0.6) is 5.75 Å². The highest BCUT2D eigenvalue weighted by molar-refractivity contribution is 6.44. The maximum absolute atomic E-state index is 6.51. The van der Waals surface area contributed by atoms with Gasteiger partial charge in [-0.3, -0.25) is 4.98 Å². The second-order valence-electron chi connectivity index (χ2n) is 4.50. The fourth-order valence-corrected chi connectivity index (χ4v) is 3.16. The number of hydrogen-bond donors (Lipinski definition) is 0. The topological polar surface area (TPSA) is 22.1 Å². The van der Waals surface area contributed by atoms with Crippen LogP contribution in [-0.2, 0) is 0 Å². The number of hydrogen-bond acceptors (Lipinski definition) is 2. The second kappa shape index (κ2) is 5.72. The van der Waals surface area contributed by atoms with Crippen LogP contribution in [0.15, 0.2) is 42.6 Å². The summed E-state index contributed by atoms with van der Waals surface area (Å²) < 4.78 is 5.15. The summed E-state index contributed by atoms with van der Waals surface area (Å²) in [7, 11) is 1.63. The molecule has 0 aliphatic carbocycles. The zero-order valence-corrected chi connectivity index (χ0v) is 13.3. The molecule has 21 heavy (non-hydrogen) atoms. The van der Waals surface area contributed by atoms with Crippen LogP contribution in [0.3, 0.4) is 0 Å². The highest BCUT2D eigenvalue weighted by Crippen LogP contribution is 2.38. The van der Waals surface area contributed by atoms with E-state index in [9.17, 15) is 0 Å². The van der Waals surface area contributed by atoms with E-state index >= 15 is 0 Å². The van der Waals surface area contributed by atoms with Crippen molar-refractivity contribution in [2.75, 3.05) is 7.11 Å². The molecule has 3 aromatic rings. The Morgan fingerprint density at radius 2 is 1.71 bits per heavy atom. The fraction of sp³-hybridized carbons (Fsp3) is 0.0625. The molecule has 1 aromatic heterocycles. The number of ether oxygens (including phenoxy) is 1. The number of methoxy groups -OCH3 is 1. The zero-order chi connectivity index (χ0) is 15.0. The van der Waals surface area contributed by atoms with Gasteiger partial charge in [-0.15, -0.1) is 0 Å². The number of nitrogens with zero attached hydrogens (tertiary/aromatic N) is 1. The molecule has 0 bridgehead atoms. The van der Waals surface area contributed by atoms with Crippen LogP contribution in [0.25, 0.3) is 22.0 Å². The largest absolute Gasteiger partial charge is 0.497 e. The van der Waals surface area contributed by atoms with Crippen LogP contribution in [0.1, 0.15) is 0 Å². The van der Waals surface area contributed by atoms with Crippen molar-refractivity contribution < 1.29 is 4.74 Å². The quantitative estimate of drug-likeness (QED) is 0.583. The van der Waals surface area contributed by atoms with Gasteiger partial charge in [-0.1, -0.05) is 46.9 Å². The Morgan fingerprint density at radius 1 is 1.00 bits per heavy atom. The van der Waals surface area contributed by atoms with E-state index in [1.165, 1.54) is 0 Å². The molecule has 0 fully saturated rings. The summed E-state index contributed by atoms with van der Waals surface area (Å²) in [5, 5.41) is 2.29. The normalized spacial score (nSPS) is 10.9. The summed E-state index contributed by atoms with van der Waals surface area (Å²) in [6, 6.07) is 11.0. The zero-order valence-electron chi connectivity index (χ0n) is 11.0. The SMILES string of the molecule is COc1ccc(-c2cnc3cc(Cl)cc(Cl)c3c2Cl)cc1. The lowest BCUT2D eigenvalue weighted by atomic mass is 10.0. The lowest BCUT2D eigenvalue weighted by Crippen LogP contribution is -1.88. The van der Waals surface area contributed by atoms with Gasteiger partial charge in [0.2, 0.25) is 0 Å². The van der Waals surface area contributed by atoms with Crippen molar-refractivity contribution in [3.8, 4) is 16.9 Å². The van der Waals surface area contributed by atoms with Crippen molar-refractivity contribution in [3.05, 3.63) is 57.7 Å². The van der Waals surface area contributed by atoms with Crippen molar-refractivity contribution in [3.63, 3.8) is 0 Å². The Kier molecular flexibility index (Phi) is 3.94. The molecule has 1 heterocycles. The van der Waals surface area contributed by atoms with Gasteiger partial charge in [-0.05, 0) is 29.8 Å². The van der Waals surface area contributed by atoms with Crippen LogP contribution < -0.4 is 4.74 Å². The summed E-state index contributed by atoms with van der Waals surface area (Å²) in [5.41, 5.74) is 2.44. The predicted octanol–water partition coefficient (Wildman–Crippen LogP) is 5.87.